The molecule has 1 rings (SSSR count). The molecule has 1 aromatic carbocycles. The highest BCUT2D eigenvalue weighted by atomic mass is 35.5. The van der Waals surface area contributed by atoms with Crippen molar-refractivity contribution in [1.82, 2.24) is 0 Å². The summed E-state index contributed by atoms with van der Waals surface area (Å²) in [5.41, 5.74) is 8.49. The Morgan fingerprint density at radius 2 is 1.94 bits per heavy atom. The molecule has 0 heterocycles. The molecule has 0 fully saturated rings. The van der Waals surface area contributed by atoms with E-state index in [-0.39, 0.29) is 6.04 Å². The lowest BCUT2D eigenvalue weighted by atomic mass is 10.0. The van der Waals surface area contributed by atoms with E-state index < -0.39 is 0 Å². The minimum absolute atomic E-state index is 0.202. The van der Waals surface area contributed by atoms with Crippen LogP contribution < -0.4 is 10.6 Å². The summed E-state index contributed by atoms with van der Waals surface area (Å²) in [7, 11) is 0. The van der Waals surface area contributed by atoms with Gasteiger partial charge in [-0.2, -0.15) is 0 Å². The summed E-state index contributed by atoms with van der Waals surface area (Å²) in [5.74, 6) is 0. The van der Waals surface area contributed by atoms with Crippen molar-refractivity contribution in [2.75, 3.05) is 11.4 Å². The number of halogens is 1. The van der Waals surface area contributed by atoms with Gasteiger partial charge in [-0.15, -0.1) is 0 Å². The lowest BCUT2D eigenvalue weighted by molar-refractivity contribution is 0.638. The number of para-hydroxylation sites is 1. The molecule has 18 heavy (non-hydrogen) atoms. The second-order valence-electron chi connectivity index (χ2n) is 5.00. The van der Waals surface area contributed by atoms with Gasteiger partial charge in [0.05, 0.1) is 10.7 Å². The normalized spacial score (nSPS) is 12.8. The molecule has 0 radical (unpaired) electrons. The van der Waals surface area contributed by atoms with Crippen LogP contribution in [0.3, 0.4) is 0 Å². The Labute approximate surface area is 116 Å². The molecule has 1 aromatic rings. The molecule has 2 nitrogen and oxygen atoms in total. The van der Waals surface area contributed by atoms with Gasteiger partial charge in [0.15, 0.2) is 0 Å². The van der Waals surface area contributed by atoms with Crippen LogP contribution in [0.4, 0.5) is 5.69 Å². The smallest absolute Gasteiger partial charge is 0.0642 e. The molecular weight excluding hydrogens is 244 g/mol. The van der Waals surface area contributed by atoms with Gasteiger partial charge in [-0.25, -0.2) is 0 Å². The van der Waals surface area contributed by atoms with Crippen molar-refractivity contribution in [2.45, 2.75) is 52.6 Å². The number of nitrogens with zero attached hydrogens (tertiary/aromatic N) is 1. The van der Waals surface area contributed by atoms with Crippen molar-refractivity contribution in [3.63, 3.8) is 0 Å². The second-order valence-corrected chi connectivity index (χ2v) is 5.41. The van der Waals surface area contributed by atoms with Gasteiger partial charge in [0.2, 0.25) is 0 Å². The molecule has 1 atom stereocenters. The van der Waals surface area contributed by atoms with Crippen LogP contribution in [0.1, 0.15) is 39.7 Å². The summed E-state index contributed by atoms with van der Waals surface area (Å²) in [6, 6.07) is 6.75. The summed E-state index contributed by atoms with van der Waals surface area (Å²) in [6.45, 7) is 9.62. The SMILES string of the molecule is CCC(N)Cc1cccc(Cl)c1N(CC)C(C)C. The van der Waals surface area contributed by atoms with Crippen LogP contribution in [0, 0.1) is 0 Å². The Hall–Kier alpha value is -0.730. The quantitative estimate of drug-likeness (QED) is 0.849. The van der Waals surface area contributed by atoms with Crippen molar-refractivity contribution in [1.29, 1.82) is 0 Å². The van der Waals surface area contributed by atoms with Crippen molar-refractivity contribution < 1.29 is 0 Å². The zero-order chi connectivity index (χ0) is 13.7. The highest BCUT2D eigenvalue weighted by molar-refractivity contribution is 6.33. The van der Waals surface area contributed by atoms with E-state index in [9.17, 15) is 0 Å². The third-order valence-corrected chi connectivity index (χ3v) is 3.63. The minimum atomic E-state index is 0.202. The molecule has 0 spiro atoms. The maximum Gasteiger partial charge on any atom is 0.0642 e. The zero-order valence-corrected chi connectivity index (χ0v) is 12.7. The molecule has 0 aliphatic heterocycles. The highest BCUT2D eigenvalue weighted by Crippen LogP contribution is 2.32. The maximum absolute atomic E-state index is 6.39. The highest BCUT2D eigenvalue weighted by Gasteiger charge is 2.17. The summed E-state index contributed by atoms with van der Waals surface area (Å²) in [5, 5.41) is 0.825. The molecule has 0 saturated carbocycles. The number of hydrogen-bond acceptors (Lipinski definition) is 2. The van der Waals surface area contributed by atoms with E-state index in [1.807, 2.05) is 12.1 Å². The minimum Gasteiger partial charge on any atom is -0.368 e. The first-order chi connectivity index (χ1) is 8.51. The molecule has 1 unspecified atom stereocenters. The van der Waals surface area contributed by atoms with Gasteiger partial charge in [-0.3, -0.25) is 0 Å². The fourth-order valence-electron chi connectivity index (χ4n) is 2.25. The molecule has 102 valence electrons. The van der Waals surface area contributed by atoms with Gasteiger partial charge in [0.25, 0.3) is 0 Å². The molecule has 3 heteroatoms. The van der Waals surface area contributed by atoms with Crippen LogP contribution in [0.25, 0.3) is 0 Å². The summed E-state index contributed by atoms with van der Waals surface area (Å²) >= 11 is 6.39. The average Bonchev–Trinajstić information content (AvgIpc) is 2.32. The number of benzene rings is 1. The Bertz CT molecular complexity index is 377. The van der Waals surface area contributed by atoms with Gasteiger partial charge in [0, 0.05) is 18.6 Å². The molecule has 0 bridgehead atoms. The Kier molecular flexibility index (Phi) is 5.97. The molecular formula is C15H25ClN2. The average molecular weight is 269 g/mol. The van der Waals surface area contributed by atoms with E-state index >= 15 is 0 Å². The van der Waals surface area contributed by atoms with E-state index in [1.165, 1.54) is 5.56 Å². The standard InChI is InChI=1S/C15H25ClN2/c1-5-13(17)10-12-8-7-9-14(16)15(12)18(6-2)11(3)4/h7-9,11,13H,5-6,10,17H2,1-4H3. The van der Waals surface area contributed by atoms with Crippen LogP contribution >= 0.6 is 11.6 Å². The largest absolute Gasteiger partial charge is 0.368 e. The second kappa shape index (κ2) is 7.01. The van der Waals surface area contributed by atoms with Gasteiger partial charge < -0.3 is 10.6 Å². The third-order valence-electron chi connectivity index (χ3n) is 3.33. The summed E-state index contributed by atoms with van der Waals surface area (Å²) in [4.78, 5) is 2.33. The van der Waals surface area contributed by atoms with Gasteiger partial charge in [-0.1, -0.05) is 30.7 Å². The molecule has 0 aliphatic rings. The lowest BCUT2D eigenvalue weighted by Crippen LogP contribution is -2.32. The fourth-order valence-corrected chi connectivity index (χ4v) is 2.56. The first-order valence-corrected chi connectivity index (χ1v) is 7.18. The number of nitrogens with two attached hydrogens (primary N) is 1. The number of rotatable bonds is 6. The third kappa shape index (κ3) is 3.63. The molecule has 0 saturated heterocycles. The number of anilines is 1. The van der Waals surface area contributed by atoms with Gasteiger partial charge in [-0.05, 0) is 45.2 Å². The predicted molar refractivity (Wildman–Crippen MR) is 81.6 cm³/mol. The lowest BCUT2D eigenvalue weighted by Gasteiger charge is -2.31. The van der Waals surface area contributed by atoms with E-state index in [2.05, 4.69) is 38.7 Å². The van der Waals surface area contributed by atoms with Crippen molar-refractivity contribution in [2.24, 2.45) is 5.73 Å². The Morgan fingerprint density at radius 3 is 2.44 bits per heavy atom. The van der Waals surface area contributed by atoms with Crippen molar-refractivity contribution >= 4 is 17.3 Å². The van der Waals surface area contributed by atoms with Crippen LogP contribution in [0.2, 0.25) is 5.02 Å². The number of hydrogen-bond donors (Lipinski definition) is 1. The summed E-state index contributed by atoms with van der Waals surface area (Å²) < 4.78 is 0. The molecule has 0 aromatic heterocycles. The van der Waals surface area contributed by atoms with Crippen LogP contribution in [-0.4, -0.2) is 18.6 Å². The molecule has 0 aliphatic carbocycles. The fraction of sp³-hybridized carbons (Fsp3) is 0.600. The van der Waals surface area contributed by atoms with Crippen LogP contribution in [-0.2, 0) is 6.42 Å². The molecule has 2 N–H and O–H groups in total. The Balaban J connectivity index is 3.14. The Morgan fingerprint density at radius 1 is 1.28 bits per heavy atom. The van der Waals surface area contributed by atoms with Gasteiger partial charge >= 0.3 is 0 Å². The van der Waals surface area contributed by atoms with E-state index in [0.717, 1.165) is 30.1 Å². The molecule has 0 amide bonds. The monoisotopic (exact) mass is 268 g/mol. The van der Waals surface area contributed by atoms with E-state index in [4.69, 9.17) is 17.3 Å². The first kappa shape index (κ1) is 15.3. The van der Waals surface area contributed by atoms with Crippen LogP contribution in [0.5, 0.6) is 0 Å². The topological polar surface area (TPSA) is 29.3 Å². The zero-order valence-electron chi connectivity index (χ0n) is 11.9. The van der Waals surface area contributed by atoms with Crippen molar-refractivity contribution in [3.8, 4) is 0 Å². The van der Waals surface area contributed by atoms with Crippen molar-refractivity contribution in [3.05, 3.63) is 28.8 Å². The van der Waals surface area contributed by atoms with E-state index in [0.29, 0.717) is 6.04 Å². The van der Waals surface area contributed by atoms with Gasteiger partial charge in [0.1, 0.15) is 0 Å². The van der Waals surface area contributed by atoms with Crippen LogP contribution in [0.15, 0.2) is 18.2 Å². The van der Waals surface area contributed by atoms with E-state index in [1.54, 1.807) is 0 Å². The maximum atomic E-state index is 6.39. The predicted octanol–water partition coefficient (Wildman–Crippen LogP) is 3.85. The summed E-state index contributed by atoms with van der Waals surface area (Å²) in [6.07, 6.45) is 1.87. The first-order valence-electron chi connectivity index (χ1n) is 6.80.